The van der Waals surface area contributed by atoms with Crippen LogP contribution in [0, 0.1) is 0 Å². The molecule has 1 aromatic carbocycles. The van der Waals surface area contributed by atoms with Crippen LogP contribution < -0.4 is 14.8 Å². The summed E-state index contributed by atoms with van der Waals surface area (Å²) in [4.78, 5) is 0. The lowest BCUT2D eigenvalue weighted by molar-refractivity contribution is 0.194. The largest absolute Gasteiger partial charge is 0.490 e. The van der Waals surface area contributed by atoms with Gasteiger partial charge in [0, 0.05) is 20.3 Å². The Labute approximate surface area is 128 Å². The molecule has 0 aromatic heterocycles. The van der Waals surface area contributed by atoms with E-state index in [1.165, 1.54) is 5.56 Å². The molecule has 0 saturated carbocycles. The van der Waals surface area contributed by atoms with Crippen LogP contribution in [0.25, 0.3) is 0 Å². The van der Waals surface area contributed by atoms with E-state index in [-0.39, 0.29) is 0 Å². The number of nitrogens with one attached hydrogen (secondary N) is 1. The van der Waals surface area contributed by atoms with Gasteiger partial charge in [-0.05, 0) is 44.0 Å². The summed E-state index contributed by atoms with van der Waals surface area (Å²) in [6, 6.07) is 6.16. The molecule has 0 saturated heterocycles. The third-order valence-corrected chi connectivity index (χ3v) is 3.09. The lowest BCUT2D eigenvalue weighted by Crippen LogP contribution is -2.16. The molecule has 0 aliphatic carbocycles. The van der Waals surface area contributed by atoms with E-state index in [9.17, 15) is 0 Å². The molecule has 4 nitrogen and oxygen atoms in total. The summed E-state index contributed by atoms with van der Waals surface area (Å²) in [5.74, 6) is 1.68. The van der Waals surface area contributed by atoms with E-state index in [4.69, 9.17) is 14.2 Å². The van der Waals surface area contributed by atoms with Crippen molar-refractivity contribution < 1.29 is 14.2 Å². The summed E-state index contributed by atoms with van der Waals surface area (Å²) < 4.78 is 16.5. The number of methoxy groups -OCH3 is 1. The lowest BCUT2D eigenvalue weighted by Gasteiger charge is -2.13. The second-order valence-electron chi connectivity index (χ2n) is 4.94. The van der Waals surface area contributed by atoms with Crippen LogP contribution in [0.3, 0.4) is 0 Å². The topological polar surface area (TPSA) is 39.7 Å². The first-order valence-corrected chi connectivity index (χ1v) is 7.90. The van der Waals surface area contributed by atoms with Crippen LogP contribution in [0.5, 0.6) is 11.5 Å². The summed E-state index contributed by atoms with van der Waals surface area (Å²) in [6.07, 6.45) is 3.22. The van der Waals surface area contributed by atoms with E-state index in [0.717, 1.165) is 57.1 Å². The van der Waals surface area contributed by atoms with Crippen molar-refractivity contribution in [3.8, 4) is 11.5 Å². The van der Waals surface area contributed by atoms with Crippen molar-refractivity contribution in [2.45, 2.75) is 39.7 Å². The second kappa shape index (κ2) is 11.4. The molecule has 0 spiro atoms. The molecule has 0 aliphatic rings. The first-order chi connectivity index (χ1) is 10.3. The van der Waals surface area contributed by atoms with Gasteiger partial charge in [0.05, 0.1) is 13.2 Å². The average Bonchev–Trinajstić information content (AvgIpc) is 2.49. The first kappa shape index (κ1) is 17.8. The van der Waals surface area contributed by atoms with Crippen molar-refractivity contribution in [2.24, 2.45) is 0 Å². The molecule has 0 aliphatic heterocycles. The Balaban J connectivity index is 2.51. The normalized spacial score (nSPS) is 10.6. The number of hydrogen-bond acceptors (Lipinski definition) is 4. The predicted molar refractivity (Wildman–Crippen MR) is 86.2 cm³/mol. The van der Waals surface area contributed by atoms with Crippen LogP contribution in [-0.2, 0) is 11.3 Å². The molecule has 1 aromatic rings. The van der Waals surface area contributed by atoms with Gasteiger partial charge in [0.1, 0.15) is 0 Å². The second-order valence-corrected chi connectivity index (χ2v) is 4.94. The molecule has 1 rings (SSSR count). The highest BCUT2D eigenvalue weighted by Gasteiger charge is 2.06. The highest BCUT2D eigenvalue weighted by Crippen LogP contribution is 2.28. The molecule has 4 heteroatoms. The smallest absolute Gasteiger partial charge is 0.161 e. The van der Waals surface area contributed by atoms with Crippen LogP contribution >= 0.6 is 0 Å². The van der Waals surface area contributed by atoms with Gasteiger partial charge >= 0.3 is 0 Å². The highest BCUT2D eigenvalue weighted by atomic mass is 16.5. The van der Waals surface area contributed by atoms with Crippen molar-refractivity contribution in [2.75, 3.05) is 33.5 Å². The fraction of sp³-hybridized carbons (Fsp3) is 0.647. The Kier molecular flexibility index (Phi) is 9.66. The van der Waals surface area contributed by atoms with Crippen LogP contribution in [0.1, 0.15) is 38.7 Å². The van der Waals surface area contributed by atoms with Gasteiger partial charge in [0.25, 0.3) is 0 Å². The Morgan fingerprint density at radius 3 is 2.57 bits per heavy atom. The summed E-state index contributed by atoms with van der Waals surface area (Å²) in [5, 5.41) is 3.40. The predicted octanol–water partition coefficient (Wildman–Crippen LogP) is 3.39. The van der Waals surface area contributed by atoms with Crippen molar-refractivity contribution in [3.05, 3.63) is 23.8 Å². The van der Waals surface area contributed by atoms with Crippen molar-refractivity contribution in [1.29, 1.82) is 0 Å². The summed E-state index contributed by atoms with van der Waals surface area (Å²) in [7, 11) is 1.73. The molecule has 0 unspecified atom stereocenters. The number of unbranched alkanes of at least 4 members (excludes halogenated alkanes) is 1. The highest BCUT2D eigenvalue weighted by molar-refractivity contribution is 5.43. The monoisotopic (exact) mass is 295 g/mol. The number of ether oxygens (including phenoxy) is 3. The molecule has 21 heavy (non-hydrogen) atoms. The molecule has 0 heterocycles. The van der Waals surface area contributed by atoms with E-state index in [0.29, 0.717) is 6.61 Å². The molecule has 1 N–H and O–H groups in total. The maximum Gasteiger partial charge on any atom is 0.161 e. The quantitative estimate of drug-likeness (QED) is 0.600. The van der Waals surface area contributed by atoms with Gasteiger partial charge in [0.2, 0.25) is 0 Å². The van der Waals surface area contributed by atoms with Crippen molar-refractivity contribution in [1.82, 2.24) is 5.32 Å². The zero-order valence-electron chi connectivity index (χ0n) is 13.6. The third kappa shape index (κ3) is 7.34. The standard InChI is InChI=1S/C17H29NO3/c1-4-6-12-21-16-9-8-15(13-17(16)20-5-2)14-18-10-7-11-19-3/h8-9,13,18H,4-7,10-12,14H2,1-3H3. The molecular formula is C17H29NO3. The first-order valence-electron chi connectivity index (χ1n) is 7.90. The minimum absolute atomic E-state index is 0.648. The van der Waals surface area contributed by atoms with Gasteiger partial charge in [0.15, 0.2) is 11.5 Å². The van der Waals surface area contributed by atoms with Crippen molar-refractivity contribution in [3.63, 3.8) is 0 Å². The van der Waals surface area contributed by atoms with Gasteiger partial charge < -0.3 is 19.5 Å². The SMILES string of the molecule is CCCCOc1ccc(CNCCCOC)cc1OCC. The fourth-order valence-electron chi connectivity index (χ4n) is 1.95. The van der Waals surface area contributed by atoms with Gasteiger partial charge in [-0.2, -0.15) is 0 Å². The Bertz CT molecular complexity index is 382. The number of benzene rings is 1. The molecule has 0 radical (unpaired) electrons. The minimum Gasteiger partial charge on any atom is -0.490 e. The van der Waals surface area contributed by atoms with Crippen LogP contribution in [0.4, 0.5) is 0 Å². The van der Waals surface area contributed by atoms with Gasteiger partial charge in [-0.25, -0.2) is 0 Å². The molecule has 0 fully saturated rings. The minimum atomic E-state index is 0.648. The molecule has 0 bridgehead atoms. The maximum atomic E-state index is 5.78. The van der Waals surface area contributed by atoms with Gasteiger partial charge in [-0.3, -0.25) is 0 Å². The summed E-state index contributed by atoms with van der Waals surface area (Å²) >= 11 is 0. The Morgan fingerprint density at radius 2 is 1.86 bits per heavy atom. The van der Waals surface area contributed by atoms with Crippen LogP contribution in [-0.4, -0.2) is 33.5 Å². The van der Waals surface area contributed by atoms with Crippen molar-refractivity contribution >= 4 is 0 Å². The van der Waals surface area contributed by atoms with E-state index < -0.39 is 0 Å². The Hall–Kier alpha value is -1.26. The molecular weight excluding hydrogens is 266 g/mol. The van der Waals surface area contributed by atoms with Gasteiger partial charge in [-0.15, -0.1) is 0 Å². The van der Waals surface area contributed by atoms with Crippen LogP contribution in [0.2, 0.25) is 0 Å². The zero-order chi connectivity index (χ0) is 15.3. The number of rotatable bonds is 12. The van der Waals surface area contributed by atoms with E-state index in [1.807, 2.05) is 13.0 Å². The number of hydrogen-bond donors (Lipinski definition) is 1. The zero-order valence-corrected chi connectivity index (χ0v) is 13.6. The maximum absolute atomic E-state index is 5.78. The van der Waals surface area contributed by atoms with E-state index in [1.54, 1.807) is 7.11 Å². The van der Waals surface area contributed by atoms with Gasteiger partial charge in [-0.1, -0.05) is 19.4 Å². The summed E-state index contributed by atoms with van der Waals surface area (Å²) in [5.41, 5.74) is 1.21. The van der Waals surface area contributed by atoms with E-state index >= 15 is 0 Å². The Morgan fingerprint density at radius 1 is 1.00 bits per heavy atom. The summed E-state index contributed by atoms with van der Waals surface area (Å²) in [6.45, 7) is 8.11. The molecule has 120 valence electrons. The lowest BCUT2D eigenvalue weighted by atomic mass is 10.2. The fourth-order valence-corrected chi connectivity index (χ4v) is 1.95. The van der Waals surface area contributed by atoms with E-state index in [2.05, 4.69) is 24.4 Å². The average molecular weight is 295 g/mol. The molecule has 0 atom stereocenters. The van der Waals surface area contributed by atoms with Crippen LogP contribution in [0.15, 0.2) is 18.2 Å². The molecule has 0 amide bonds. The third-order valence-electron chi connectivity index (χ3n) is 3.09.